The number of benzene rings is 2. The van der Waals surface area contributed by atoms with Crippen molar-refractivity contribution in [1.29, 1.82) is 0 Å². The maximum absolute atomic E-state index is 12.4. The first-order chi connectivity index (χ1) is 14.6. The summed E-state index contributed by atoms with van der Waals surface area (Å²) < 4.78 is 10.6. The molecule has 0 unspecified atom stereocenters. The van der Waals surface area contributed by atoms with E-state index < -0.39 is 0 Å². The Kier molecular flexibility index (Phi) is 6.42. The average Bonchev–Trinajstić information content (AvgIpc) is 3.16. The van der Waals surface area contributed by atoms with Gasteiger partial charge in [0.25, 0.3) is 0 Å². The minimum Gasteiger partial charge on any atom is -0.497 e. The average molecular weight is 424 g/mol. The summed E-state index contributed by atoms with van der Waals surface area (Å²) in [5.74, 6) is 0.815. The van der Waals surface area contributed by atoms with Gasteiger partial charge in [0.05, 0.1) is 32.6 Å². The largest absolute Gasteiger partial charge is 0.497 e. The number of nitrogens with zero attached hydrogens (tertiary/aromatic N) is 2. The van der Waals surface area contributed by atoms with Crippen LogP contribution in [0.2, 0.25) is 0 Å². The molecule has 7 heteroatoms. The summed E-state index contributed by atoms with van der Waals surface area (Å²) in [4.78, 5) is 20.5. The van der Waals surface area contributed by atoms with Crippen molar-refractivity contribution < 1.29 is 14.3 Å². The van der Waals surface area contributed by atoms with Crippen LogP contribution in [-0.2, 0) is 9.53 Å². The molecule has 4 rings (SSSR count). The molecule has 0 saturated carbocycles. The molecule has 0 radical (unpaired) electrons. The summed E-state index contributed by atoms with van der Waals surface area (Å²) >= 11 is 1.65. The van der Waals surface area contributed by atoms with Gasteiger partial charge in [0, 0.05) is 34.8 Å². The highest BCUT2D eigenvalue weighted by atomic mass is 32.1. The zero-order chi connectivity index (χ0) is 20.9. The van der Waals surface area contributed by atoms with Crippen LogP contribution in [-0.4, -0.2) is 55.7 Å². The monoisotopic (exact) mass is 423 g/mol. The molecule has 6 nitrogen and oxygen atoms in total. The Morgan fingerprint density at radius 2 is 1.93 bits per heavy atom. The Morgan fingerprint density at radius 1 is 1.17 bits per heavy atom. The third-order valence-corrected chi connectivity index (χ3v) is 6.04. The van der Waals surface area contributed by atoms with Gasteiger partial charge < -0.3 is 14.8 Å². The molecule has 1 aliphatic rings. The van der Waals surface area contributed by atoms with E-state index in [4.69, 9.17) is 14.5 Å². The molecule has 3 aromatic rings. The molecular weight excluding hydrogens is 398 g/mol. The molecule has 1 saturated heterocycles. The summed E-state index contributed by atoms with van der Waals surface area (Å²) in [6.07, 6.45) is 0. The van der Waals surface area contributed by atoms with Crippen molar-refractivity contribution in [3.05, 3.63) is 53.4 Å². The van der Waals surface area contributed by atoms with Gasteiger partial charge >= 0.3 is 0 Å². The third-order valence-electron chi connectivity index (χ3n) is 5.02. The standard InChI is InChI=1S/C23H25N3O3S/c1-16-22(17-6-8-20(28-2)9-7-17)25-23(30-16)18-4-3-5-19(14-18)24-21(27)15-26-10-12-29-13-11-26/h3-9,14H,10-13,15H2,1-2H3,(H,24,27). The molecule has 0 aliphatic carbocycles. The van der Waals surface area contributed by atoms with Crippen molar-refractivity contribution in [2.75, 3.05) is 45.3 Å². The van der Waals surface area contributed by atoms with E-state index in [1.165, 1.54) is 0 Å². The molecule has 1 amide bonds. The number of hydrogen-bond acceptors (Lipinski definition) is 6. The number of nitrogens with one attached hydrogen (secondary N) is 1. The smallest absolute Gasteiger partial charge is 0.238 e. The van der Waals surface area contributed by atoms with Gasteiger partial charge in [0.1, 0.15) is 10.8 Å². The number of anilines is 1. The number of morpholine rings is 1. The molecule has 1 aromatic heterocycles. The summed E-state index contributed by atoms with van der Waals surface area (Å²) in [7, 11) is 1.66. The summed E-state index contributed by atoms with van der Waals surface area (Å²) in [5.41, 5.74) is 3.81. The first-order valence-electron chi connectivity index (χ1n) is 9.94. The summed E-state index contributed by atoms with van der Waals surface area (Å²) in [5, 5.41) is 3.94. The molecular formula is C23H25N3O3S. The predicted molar refractivity (Wildman–Crippen MR) is 120 cm³/mol. The molecule has 0 atom stereocenters. The molecule has 156 valence electrons. The predicted octanol–water partition coefficient (Wildman–Crippen LogP) is 4.06. The Morgan fingerprint density at radius 3 is 2.67 bits per heavy atom. The number of hydrogen-bond donors (Lipinski definition) is 1. The van der Waals surface area contributed by atoms with E-state index in [-0.39, 0.29) is 5.91 Å². The highest BCUT2D eigenvalue weighted by Gasteiger charge is 2.15. The normalized spacial score (nSPS) is 14.5. The first kappa shape index (κ1) is 20.5. The van der Waals surface area contributed by atoms with Gasteiger partial charge in [-0.15, -0.1) is 11.3 Å². The van der Waals surface area contributed by atoms with Crippen LogP contribution < -0.4 is 10.1 Å². The van der Waals surface area contributed by atoms with Crippen molar-refractivity contribution in [3.8, 4) is 27.6 Å². The van der Waals surface area contributed by atoms with Gasteiger partial charge in [-0.05, 0) is 43.3 Å². The fourth-order valence-electron chi connectivity index (χ4n) is 3.43. The number of aryl methyl sites for hydroxylation is 1. The lowest BCUT2D eigenvalue weighted by Crippen LogP contribution is -2.41. The van der Waals surface area contributed by atoms with Crippen LogP contribution in [0.5, 0.6) is 5.75 Å². The Bertz CT molecular complexity index is 1010. The van der Waals surface area contributed by atoms with Crippen molar-refractivity contribution in [2.24, 2.45) is 0 Å². The number of thiazole rings is 1. The second-order valence-electron chi connectivity index (χ2n) is 7.17. The number of ether oxygens (including phenoxy) is 2. The summed E-state index contributed by atoms with van der Waals surface area (Å²) in [6.45, 7) is 5.41. The van der Waals surface area contributed by atoms with Crippen LogP contribution in [0.1, 0.15) is 4.88 Å². The first-order valence-corrected chi connectivity index (χ1v) is 10.8. The minimum atomic E-state index is -0.0108. The fourth-order valence-corrected chi connectivity index (χ4v) is 4.36. The molecule has 0 bridgehead atoms. The number of amides is 1. The van der Waals surface area contributed by atoms with Crippen LogP contribution in [0.4, 0.5) is 5.69 Å². The van der Waals surface area contributed by atoms with E-state index in [2.05, 4.69) is 17.1 Å². The van der Waals surface area contributed by atoms with E-state index >= 15 is 0 Å². The van der Waals surface area contributed by atoms with E-state index in [9.17, 15) is 4.79 Å². The lowest BCUT2D eigenvalue weighted by Gasteiger charge is -2.25. The van der Waals surface area contributed by atoms with E-state index in [1.807, 2.05) is 48.5 Å². The van der Waals surface area contributed by atoms with Crippen LogP contribution in [0, 0.1) is 6.92 Å². The topological polar surface area (TPSA) is 63.7 Å². The van der Waals surface area contributed by atoms with Crippen LogP contribution >= 0.6 is 11.3 Å². The van der Waals surface area contributed by atoms with E-state index in [1.54, 1.807) is 18.4 Å². The van der Waals surface area contributed by atoms with Gasteiger partial charge in [0.15, 0.2) is 0 Å². The molecule has 2 aromatic carbocycles. The number of aromatic nitrogens is 1. The Labute approximate surface area is 180 Å². The van der Waals surface area contributed by atoms with Gasteiger partial charge in [-0.1, -0.05) is 12.1 Å². The van der Waals surface area contributed by atoms with Gasteiger partial charge in [-0.2, -0.15) is 0 Å². The molecule has 30 heavy (non-hydrogen) atoms. The maximum atomic E-state index is 12.4. The molecule has 2 heterocycles. The van der Waals surface area contributed by atoms with E-state index in [0.717, 1.165) is 51.2 Å². The molecule has 1 N–H and O–H groups in total. The summed E-state index contributed by atoms with van der Waals surface area (Å²) in [6, 6.07) is 15.8. The Hall–Kier alpha value is -2.74. The molecule has 1 fully saturated rings. The zero-order valence-corrected chi connectivity index (χ0v) is 18.0. The van der Waals surface area contributed by atoms with Crippen molar-refractivity contribution in [1.82, 2.24) is 9.88 Å². The fraction of sp³-hybridized carbons (Fsp3) is 0.304. The number of carbonyl (C=O) groups is 1. The number of rotatable bonds is 6. The number of carbonyl (C=O) groups excluding carboxylic acids is 1. The zero-order valence-electron chi connectivity index (χ0n) is 17.2. The highest BCUT2D eigenvalue weighted by Crippen LogP contribution is 2.34. The highest BCUT2D eigenvalue weighted by molar-refractivity contribution is 7.15. The third kappa shape index (κ3) is 4.87. The SMILES string of the molecule is COc1ccc(-c2nc(-c3cccc(NC(=O)CN4CCOCC4)c3)sc2C)cc1. The van der Waals surface area contributed by atoms with Crippen LogP contribution in [0.15, 0.2) is 48.5 Å². The molecule has 1 aliphatic heterocycles. The van der Waals surface area contributed by atoms with Crippen LogP contribution in [0.25, 0.3) is 21.8 Å². The maximum Gasteiger partial charge on any atom is 0.238 e. The lowest BCUT2D eigenvalue weighted by molar-refractivity contribution is -0.118. The van der Waals surface area contributed by atoms with E-state index in [0.29, 0.717) is 19.8 Å². The van der Waals surface area contributed by atoms with Gasteiger partial charge in [-0.25, -0.2) is 4.98 Å². The van der Waals surface area contributed by atoms with Crippen LogP contribution in [0.3, 0.4) is 0 Å². The second-order valence-corrected chi connectivity index (χ2v) is 8.37. The van der Waals surface area contributed by atoms with Gasteiger partial charge in [-0.3, -0.25) is 9.69 Å². The number of methoxy groups -OCH3 is 1. The van der Waals surface area contributed by atoms with Crippen molar-refractivity contribution in [3.63, 3.8) is 0 Å². The quantitative estimate of drug-likeness (QED) is 0.648. The Balaban J connectivity index is 1.48. The van der Waals surface area contributed by atoms with Crippen molar-refractivity contribution >= 4 is 22.9 Å². The van der Waals surface area contributed by atoms with Gasteiger partial charge in [0.2, 0.25) is 5.91 Å². The second kappa shape index (κ2) is 9.38. The molecule has 0 spiro atoms. The van der Waals surface area contributed by atoms with Crippen molar-refractivity contribution in [2.45, 2.75) is 6.92 Å². The lowest BCUT2D eigenvalue weighted by atomic mass is 10.1. The minimum absolute atomic E-state index is 0.0108.